The highest BCUT2D eigenvalue weighted by Gasteiger charge is 2.03. The standard InChI is InChI=1S/C17H16N2S2/c20-17(19-14-6-2-1-3-7-14)18-11-10-13-12-21-16-9-5-4-8-15(13)16/h1-9,12H,10-11H2,(H2,18,19,20). The molecule has 3 aromatic rings. The molecule has 2 N–H and O–H groups in total. The van der Waals surface area contributed by atoms with E-state index in [1.54, 1.807) is 11.3 Å². The number of thiophene rings is 1. The Bertz CT molecular complexity index is 735. The summed E-state index contributed by atoms with van der Waals surface area (Å²) in [4.78, 5) is 0. The van der Waals surface area contributed by atoms with E-state index in [0.29, 0.717) is 5.11 Å². The smallest absolute Gasteiger partial charge is 0.170 e. The molecule has 0 fully saturated rings. The molecular formula is C17H16N2S2. The Morgan fingerprint density at radius 1 is 1.00 bits per heavy atom. The number of nitrogens with one attached hydrogen (secondary N) is 2. The lowest BCUT2D eigenvalue weighted by Gasteiger charge is -2.10. The highest BCUT2D eigenvalue weighted by Crippen LogP contribution is 2.25. The minimum Gasteiger partial charge on any atom is -0.362 e. The van der Waals surface area contributed by atoms with E-state index < -0.39 is 0 Å². The number of hydrogen-bond acceptors (Lipinski definition) is 2. The van der Waals surface area contributed by atoms with Crippen LogP contribution in [0.4, 0.5) is 5.69 Å². The highest BCUT2D eigenvalue weighted by molar-refractivity contribution is 7.80. The molecule has 0 aliphatic heterocycles. The second-order valence-electron chi connectivity index (χ2n) is 4.75. The number of hydrogen-bond donors (Lipinski definition) is 2. The Kier molecular flexibility index (Phi) is 4.48. The van der Waals surface area contributed by atoms with Crippen molar-refractivity contribution in [3.8, 4) is 0 Å². The molecule has 0 unspecified atom stereocenters. The molecule has 0 amide bonds. The van der Waals surface area contributed by atoms with Gasteiger partial charge in [-0.2, -0.15) is 0 Å². The van der Waals surface area contributed by atoms with Gasteiger partial charge in [-0.3, -0.25) is 0 Å². The second-order valence-corrected chi connectivity index (χ2v) is 6.07. The Hall–Kier alpha value is -1.91. The van der Waals surface area contributed by atoms with Gasteiger partial charge in [-0.1, -0.05) is 36.4 Å². The van der Waals surface area contributed by atoms with Crippen molar-refractivity contribution in [2.75, 3.05) is 11.9 Å². The third kappa shape index (κ3) is 3.60. The van der Waals surface area contributed by atoms with E-state index in [0.717, 1.165) is 18.7 Å². The number of rotatable bonds is 4. The molecule has 2 aromatic carbocycles. The Labute approximate surface area is 133 Å². The van der Waals surface area contributed by atoms with Crippen LogP contribution in [0.15, 0.2) is 60.0 Å². The first-order valence-corrected chi connectivity index (χ1v) is 8.17. The van der Waals surface area contributed by atoms with Crippen LogP contribution >= 0.6 is 23.6 Å². The van der Waals surface area contributed by atoms with Crippen molar-refractivity contribution in [2.24, 2.45) is 0 Å². The van der Waals surface area contributed by atoms with E-state index in [2.05, 4.69) is 40.3 Å². The van der Waals surface area contributed by atoms with Gasteiger partial charge in [0.05, 0.1) is 0 Å². The van der Waals surface area contributed by atoms with E-state index in [-0.39, 0.29) is 0 Å². The topological polar surface area (TPSA) is 24.1 Å². The van der Waals surface area contributed by atoms with E-state index in [9.17, 15) is 0 Å². The molecule has 0 aliphatic rings. The maximum atomic E-state index is 5.31. The molecule has 0 atom stereocenters. The predicted octanol–water partition coefficient (Wildman–Crippen LogP) is 4.43. The first-order chi connectivity index (χ1) is 10.3. The quantitative estimate of drug-likeness (QED) is 0.697. The molecule has 0 saturated heterocycles. The van der Waals surface area contributed by atoms with Crippen molar-refractivity contribution in [3.05, 3.63) is 65.5 Å². The third-order valence-electron chi connectivity index (χ3n) is 3.27. The summed E-state index contributed by atoms with van der Waals surface area (Å²) in [7, 11) is 0. The van der Waals surface area contributed by atoms with Crippen molar-refractivity contribution in [2.45, 2.75) is 6.42 Å². The summed E-state index contributed by atoms with van der Waals surface area (Å²) in [5.74, 6) is 0. The van der Waals surface area contributed by atoms with Crippen molar-refractivity contribution < 1.29 is 0 Å². The van der Waals surface area contributed by atoms with Gasteiger partial charge >= 0.3 is 0 Å². The number of thiocarbonyl (C=S) groups is 1. The van der Waals surface area contributed by atoms with Gasteiger partial charge in [-0.05, 0) is 53.2 Å². The Morgan fingerprint density at radius 3 is 2.62 bits per heavy atom. The van der Waals surface area contributed by atoms with Gasteiger partial charge in [0.1, 0.15) is 0 Å². The van der Waals surface area contributed by atoms with Crippen molar-refractivity contribution in [3.63, 3.8) is 0 Å². The van der Waals surface area contributed by atoms with Gasteiger partial charge in [0.2, 0.25) is 0 Å². The van der Waals surface area contributed by atoms with Crippen LogP contribution in [-0.2, 0) is 6.42 Å². The molecular weight excluding hydrogens is 296 g/mol. The van der Waals surface area contributed by atoms with E-state index >= 15 is 0 Å². The summed E-state index contributed by atoms with van der Waals surface area (Å²) < 4.78 is 1.34. The van der Waals surface area contributed by atoms with Gasteiger partial charge in [0.25, 0.3) is 0 Å². The largest absolute Gasteiger partial charge is 0.362 e. The monoisotopic (exact) mass is 312 g/mol. The van der Waals surface area contributed by atoms with Crippen LogP contribution in [-0.4, -0.2) is 11.7 Å². The molecule has 0 aliphatic carbocycles. The van der Waals surface area contributed by atoms with Crippen molar-refractivity contribution >= 4 is 44.4 Å². The molecule has 21 heavy (non-hydrogen) atoms. The van der Waals surface area contributed by atoms with Gasteiger partial charge in [0.15, 0.2) is 5.11 Å². The number of benzene rings is 2. The maximum Gasteiger partial charge on any atom is 0.170 e. The summed E-state index contributed by atoms with van der Waals surface area (Å²) in [6.45, 7) is 0.833. The molecule has 1 aromatic heterocycles. The average molecular weight is 312 g/mol. The van der Waals surface area contributed by atoms with Crippen LogP contribution in [0.2, 0.25) is 0 Å². The minimum atomic E-state index is 0.667. The van der Waals surface area contributed by atoms with Gasteiger partial charge < -0.3 is 10.6 Å². The fraction of sp³-hybridized carbons (Fsp3) is 0.118. The lowest BCUT2D eigenvalue weighted by atomic mass is 10.1. The molecule has 0 bridgehead atoms. The van der Waals surface area contributed by atoms with Gasteiger partial charge in [0, 0.05) is 16.9 Å². The molecule has 0 spiro atoms. The van der Waals surface area contributed by atoms with Gasteiger partial charge in [-0.15, -0.1) is 11.3 Å². The SMILES string of the molecule is S=C(NCCc1csc2ccccc12)Nc1ccccc1. The van der Waals surface area contributed by atoms with Crippen molar-refractivity contribution in [1.29, 1.82) is 0 Å². The summed E-state index contributed by atoms with van der Waals surface area (Å²) in [5.41, 5.74) is 2.39. The van der Waals surface area contributed by atoms with Crippen LogP contribution < -0.4 is 10.6 Å². The predicted molar refractivity (Wildman–Crippen MR) is 96.2 cm³/mol. The molecule has 1 heterocycles. The second kappa shape index (κ2) is 6.70. The van der Waals surface area contributed by atoms with E-state index in [1.807, 2.05) is 30.3 Å². The molecule has 4 heteroatoms. The van der Waals surface area contributed by atoms with Crippen LogP contribution in [0.5, 0.6) is 0 Å². The lowest BCUT2D eigenvalue weighted by molar-refractivity contribution is 0.880. The summed E-state index contributed by atoms with van der Waals surface area (Å²) in [5, 5.41) is 10.7. The Balaban J connectivity index is 1.53. The van der Waals surface area contributed by atoms with E-state index in [1.165, 1.54) is 15.6 Å². The van der Waals surface area contributed by atoms with Crippen molar-refractivity contribution in [1.82, 2.24) is 5.32 Å². The van der Waals surface area contributed by atoms with Gasteiger partial charge in [-0.25, -0.2) is 0 Å². The van der Waals surface area contributed by atoms with Crippen LogP contribution in [0, 0.1) is 0 Å². The molecule has 0 radical (unpaired) electrons. The number of anilines is 1. The maximum absolute atomic E-state index is 5.31. The zero-order valence-electron chi connectivity index (χ0n) is 11.5. The third-order valence-corrected chi connectivity index (χ3v) is 4.53. The zero-order valence-corrected chi connectivity index (χ0v) is 13.1. The number of para-hydroxylation sites is 1. The normalized spacial score (nSPS) is 10.5. The lowest BCUT2D eigenvalue weighted by Crippen LogP contribution is -2.30. The molecule has 2 nitrogen and oxygen atoms in total. The molecule has 106 valence electrons. The fourth-order valence-electron chi connectivity index (χ4n) is 2.23. The van der Waals surface area contributed by atoms with E-state index in [4.69, 9.17) is 12.2 Å². The molecule has 0 saturated carbocycles. The minimum absolute atomic E-state index is 0.667. The fourth-order valence-corrected chi connectivity index (χ4v) is 3.45. The first kappa shape index (κ1) is 14.0. The highest BCUT2D eigenvalue weighted by atomic mass is 32.1. The summed E-state index contributed by atoms with van der Waals surface area (Å²) in [6.07, 6.45) is 0.973. The Morgan fingerprint density at radius 2 is 1.76 bits per heavy atom. The van der Waals surface area contributed by atoms with Crippen LogP contribution in [0.25, 0.3) is 10.1 Å². The number of fused-ring (bicyclic) bond motifs is 1. The zero-order chi connectivity index (χ0) is 14.5. The molecule has 3 rings (SSSR count). The summed E-state index contributed by atoms with van der Waals surface area (Å²) in [6, 6.07) is 18.5. The first-order valence-electron chi connectivity index (χ1n) is 6.88. The van der Waals surface area contributed by atoms with Crippen LogP contribution in [0.3, 0.4) is 0 Å². The summed E-state index contributed by atoms with van der Waals surface area (Å²) >= 11 is 7.11. The van der Waals surface area contributed by atoms with Crippen LogP contribution in [0.1, 0.15) is 5.56 Å². The average Bonchev–Trinajstić information content (AvgIpc) is 2.92.